The molecule has 1 N–H and O–H groups in total. The maximum absolute atomic E-state index is 12.8. The Balaban J connectivity index is 1.83. The minimum absolute atomic E-state index is 0.0105. The van der Waals surface area contributed by atoms with Crippen LogP contribution < -0.4 is 14.8 Å². The summed E-state index contributed by atoms with van der Waals surface area (Å²) in [5.41, 5.74) is 1.02. The van der Waals surface area contributed by atoms with Crippen molar-refractivity contribution < 1.29 is 19.1 Å². The van der Waals surface area contributed by atoms with Crippen LogP contribution in [-0.2, 0) is 4.79 Å². The van der Waals surface area contributed by atoms with E-state index in [1.54, 1.807) is 30.3 Å². The summed E-state index contributed by atoms with van der Waals surface area (Å²) in [5, 5.41) is 13.8. The van der Waals surface area contributed by atoms with Gasteiger partial charge in [0.25, 0.3) is 5.91 Å². The molecule has 0 spiro atoms. The molecule has 0 aliphatic heterocycles. The highest BCUT2D eigenvalue weighted by Crippen LogP contribution is 2.30. The highest BCUT2D eigenvalue weighted by Gasteiger charge is 2.16. The molecule has 0 fully saturated rings. The van der Waals surface area contributed by atoms with E-state index in [4.69, 9.17) is 9.47 Å². The number of rotatable bonds is 8. The van der Waals surface area contributed by atoms with Gasteiger partial charge in [0.2, 0.25) is 0 Å². The third kappa shape index (κ3) is 5.32. The number of hydrogen-bond acceptors (Lipinski definition) is 5. The smallest absolute Gasteiger partial charge is 0.344 e. The molecule has 0 unspecified atom stereocenters. The number of hydrogen-bond donors (Lipinski definition) is 1. The van der Waals surface area contributed by atoms with Crippen LogP contribution in [0.25, 0.3) is 16.8 Å². The number of ether oxygens (including phenoxy) is 2. The van der Waals surface area contributed by atoms with Crippen molar-refractivity contribution in [3.05, 3.63) is 77.4 Å². The van der Waals surface area contributed by atoms with Gasteiger partial charge >= 0.3 is 5.97 Å². The molecule has 0 aliphatic carbocycles. The summed E-state index contributed by atoms with van der Waals surface area (Å²) in [5.74, 6) is -0.368. The molecule has 6 nitrogen and oxygen atoms in total. The summed E-state index contributed by atoms with van der Waals surface area (Å²) in [6, 6.07) is 19.8. The lowest BCUT2D eigenvalue weighted by atomic mass is 10.0. The Morgan fingerprint density at radius 2 is 1.84 bits per heavy atom. The number of benzene rings is 3. The van der Waals surface area contributed by atoms with Crippen LogP contribution >= 0.6 is 0 Å². The lowest BCUT2D eigenvalue weighted by Crippen LogP contribution is -2.25. The fourth-order valence-electron chi connectivity index (χ4n) is 3.21. The van der Waals surface area contributed by atoms with Gasteiger partial charge in [-0.05, 0) is 47.0 Å². The van der Waals surface area contributed by atoms with Crippen molar-refractivity contribution in [3.8, 4) is 17.6 Å². The van der Waals surface area contributed by atoms with Crippen molar-refractivity contribution in [2.75, 3.05) is 13.7 Å². The first-order valence-corrected chi connectivity index (χ1v) is 10.3. The molecule has 1 amide bonds. The van der Waals surface area contributed by atoms with Crippen LogP contribution in [0.15, 0.2) is 66.2 Å². The van der Waals surface area contributed by atoms with Crippen molar-refractivity contribution in [3.63, 3.8) is 0 Å². The van der Waals surface area contributed by atoms with Crippen molar-refractivity contribution in [2.45, 2.75) is 19.8 Å². The zero-order chi connectivity index (χ0) is 22.9. The summed E-state index contributed by atoms with van der Waals surface area (Å²) in [6.45, 7) is 2.54. The first-order chi connectivity index (χ1) is 15.6. The largest absolute Gasteiger partial charge is 0.493 e. The molecule has 0 heterocycles. The van der Waals surface area contributed by atoms with Crippen molar-refractivity contribution in [1.82, 2.24) is 5.32 Å². The lowest BCUT2D eigenvalue weighted by Gasteiger charge is -2.11. The molecule has 6 heteroatoms. The van der Waals surface area contributed by atoms with Gasteiger partial charge < -0.3 is 14.8 Å². The molecule has 0 radical (unpaired) electrons. The van der Waals surface area contributed by atoms with E-state index in [9.17, 15) is 14.9 Å². The maximum Gasteiger partial charge on any atom is 0.344 e. The van der Waals surface area contributed by atoms with Crippen molar-refractivity contribution >= 4 is 28.7 Å². The number of carbonyl (C=O) groups excluding carboxylic acids is 2. The van der Waals surface area contributed by atoms with E-state index in [0.717, 1.165) is 23.6 Å². The molecule has 0 saturated carbocycles. The predicted octanol–water partition coefficient (Wildman–Crippen LogP) is 4.89. The topological polar surface area (TPSA) is 88.4 Å². The molecule has 3 aromatic rings. The standard InChI is InChI=1S/C26H24N2O4/c1-3-4-14-28-25(29)20(17-27)15-18-12-13-23(24(16-18)31-2)32-26(30)22-11-7-9-19-8-5-6-10-21(19)22/h5-13,15-16H,3-4,14H2,1-2H3,(H,28,29)/b20-15+. The van der Waals surface area contributed by atoms with Gasteiger partial charge in [0.1, 0.15) is 11.6 Å². The highest BCUT2D eigenvalue weighted by atomic mass is 16.6. The third-order valence-corrected chi connectivity index (χ3v) is 4.89. The fourth-order valence-corrected chi connectivity index (χ4v) is 3.21. The van der Waals surface area contributed by atoms with Crippen molar-refractivity contribution in [1.29, 1.82) is 5.26 Å². The molecule has 3 aromatic carbocycles. The summed E-state index contributed by atoms with van der Waals surface area (Å²) < 4.78 is 11.0. The van der Waals surface area contributed by atoms with E-state index >= 15 is 0 Å². The average molecular weight is 428 g/mol. The van der Waals surface area contributed by atoms with Gasteiger partial charge in [-0.1, -0.05) is 55.8 Å². The second-order valence-electron chi connectivity index (χ2n) is 7.11. The Bertz CT molecular complexity index is 1200. The van der Waals surface area contributed by atoms with Crippen LogP contribution in [0.2, 0.25) is 0 Å². The molecule has 3 rings (SSSR count). The number of esters is 1. The predicted molar refractivity (Wildman–Crippen MR) is 123 cm³/mol. The molecule has 0 atom stereocenters. The van der Waals surface area contributed by atoms with Gasteiger partial charge in [0, 0.05) is 6.54 Å². The van der Waals surface area contributed by atoms with Gasteiger partial charge in [-0.25, -0.2) is 4.79 Å². The number of nitrogens with one attached hydrogen (secondary N) is 1. The number of nitrogens with zero attached hydrogens (tertiary/aromatic N) is 1. The molecule has 0 saturated heterocycles. The molecule has 0 aromatic heterocycles. The minimum Gasteiger partial charge on any atom is -0.493 e. The molecular formula is C26H24N2O4. The third-order valence-electron chi connectivity index (χ3n) is 4.89. The van der Waals surface area contributed by atoms with Gasteiger partial charge in [0.15, 0.2) is 11.5 Å². The van der Waals surface area contributed by atoms with E-state index in [1.807, 2.05) is 43.3 Å². The summed E-state index contributed by atoms with van der Waals surface area (Å²) >= 11 is 0. The van der Waals surface area contributed by atoms with Crippen LogP contribution in [0.4, 0.5) is 0 Å². The van der Waals surface area contributed by atoms with Gasteiger partial charge in [-0.15, -0.1) is 0 Å². The van der Waals surface area contributed by atoms with Crippen LogP contribution in [-0.4, -0.2) is 25.5 Å². The number of fused-ring (bicyclic) bond motifs is 1. The second-order valence-corrected chi connectivity index (χ2v) is 7.11. The Morgan fingerprint density at radius 3 is 2.59 bits per heavy atom. The Morgan fingerprint density at radius 1 is 1.06 bits per heavy atom. The van der Waals surface area contributed by atoms with Gasteiger partial charge in [-0.3, -0.25) is 4.79 Å². The molecule has 162 valence electrons. The Kier molecular flexibility index (Phi) is 7.60. The number of amides is 1. The molecular weight excluding hydrogens is 404 g/mol. The van der Waals surface area contributed by atoms with E-state index in [0.29, 0.717) is 23.4 Å². The van der Waals surface area contributed by atoms with Crippen LogP contribution in [0.3, 0.4) is 0 Å². The molecule has 0 bridgehead atoms. The highest BCUT2D eigenvalue weighted by molar-refractivity contribution is 6.05. The zero-order valence-corrected chi connectivity index (χ0v) is 18.1. The number of unbranched alkanes of at least 4 members (excludes halogenated alkanes) is 1. The van der Waals surface area contributed by atoms with Gasteiger partial charge in [-0.2, -0.15) is 5.26 Å². The van der Waals surface area contributed by atoms with Crippen molar-refractivity contribution in [2.24, 2.45) is 0 Å². The zero-order valence-electron chi connectivity index (χ0n) is 18.1. The average Bonchev–Trinajstić information content (AvgIpc) is 2.82. The number of carbonyl (C=O) groups is 2. The second kappa shape index (κ2) is 10.8. The fraction of sp³-hybridized carbons (Fsp3) is 0.192. The Hall–Kier alpha value is -4.11. The number of methoxy groups -OCH3 is 1. The lowest BCUT2D eigenvalue weighted by molar-refractivity contribution is -0.117. The number of nitriles is 1. The molecule has 32 heavy (non-hydrogen) atoms. The van der Waals surface area contributed by atoms with E-state index in [-0.39, 0.29) is 11.3 Å². The minimum atomic E-state index is -0.503. The van der Waals surface area contributed by atoms with Crippen LogP contribution in [0, 0.1) is 11.3 Å². The van der Waals surface area contributed by atoms with E-state index in [2.05, 4.69) is 5.32 Å². The monoisotopic (exact) mass is 428 g/mol. The normalized spacial score (nSPS) is 11.0. The first-order valence-electron chi connectivity index (χ1n) is 10.3. The quantitative estimate of drug-likeness (QED) is 0.181. The SMILES string of the molecule is CCCCNC(=O)/C(C#N)=C/c1ccc(OC(=O)c2cccc3ccccc23)c(OC)c1. The Labute approximate surface area is 187 Å². The summed E-state index contributed by atoms with van der Waals surface area (Å²) in [4.78, 5) is 25.0. The van der Waals surface area contributed by atoms with Gasteiger partial charge in [0.05, 0.1) is 12.7 Å². The maximum atomic E-state index is 12.8. The molecule has 0 aliphatic rings. The van der Waals surface area contributed by atoms with E-state index in [1.165, 1.54) is 13.2 Å². The summed E-state index contributed by atoms with van der Waals surface area (Å²) in [6.07, 6.45) is 3.26. The van der Waals surface area contributed by atoms with Crippen LogP contribution in [0.5, 0.6) is 11.5 Å². The summed E-state index contributed by atoms with van der Waals surface area (Å²) in [7, 11) is 1.46. The first kappa shape index (κ1) is 22.6. The van der Waals surface area contributed by atoms with Crippen LogP contribution in [0.1, 0.15) is 35.7 Å². The van der Waals surface area contributed by atoms with E-state index < -0.39 is 11.9 Å².